The monoisotopic (exact) mass is 296 g/mol. The van der Waals surface area contributed by atoms with Crippen molar-refractivity contribution in [1.82, 2.24) is 0 Å². The van der Waals surface area contributed by atoms with E-state index in [2.05, 4.69) is 0 Å². The third-order valence-corrected chi connectivity index (χ3v) is 3.04. The molecule has 2 rings (SSSR count). The van der Waals surface area contributed by atoms with E-state index in [-0.39, 0.29) is 24.6 Å². The predicted molar refractivity (Wildman–Crippen MR) is 82.9 cm³/mol. The summed E-state index contributed by atoms with van der Waals surface area (Å²) in [5.41, 5.74) is 7.16. The number of ether oxygens (including phenoxy) is 1. The van der Waals surface area contributed by atoms with Crippen LogP contribution in [0.3, 0.4) is 0 Å². The molecule has 3 N–H and O–H groups in total. The van der Waals surface area contributed by atoms with E-state index in [1.54, 1.807) is 54.6 Å². The van der Waals surface area contributed by atoms with Crippen molar-refractivity contribution in [1.29, 1.82) is 5.41 Å². The van der Waals surface area contributed by atoms with Gasteiger partial charge >= 0.3 is 5.97 Å². The lowest BCUT2D eigenvalue weighted by Crippen LogP contribution is -2.16. The first-order valence-corrected chi connectivity index (χ1v) is 6.73. The van der Waals surface area contributed by atoms with Crippen LogP contribution in [0.5, 0.6) is 0 Å². The molecule has 2 aromatic rings. The van der Waals surface area contributed by atoms with Gasteiger partial charge in [-0.2, -0.15) is 0 Å². The smallest absolute Gasteiger partial charge is 0.338 e. The molecule has 0 aliphatic heterocycles. The second-order valence-electron chi connectivity index (χ2n) is 4.77. The van der Waals surface area contributed by atoms with Gasteiger partial charge in [-0.25, -0.2) is 4.79 Å². The number of hydrogen-bond acceptors (Lipinski definition) is 4. The average Bonchev–Trinajstić information content (AvgIpc) is 2.54. The third-order valence-electron chi connectivity index (χ3n) is 3.04. The molecule has 0 saturated heterocycles. The minimum Gasteiger partial charge on any atom is -0.454 e. The Morgan fingerprint density at radius 1 is 0.955 bits per heavy atom. The highest BCUT2D eigenvalue weighted by Gasteiger charge is 2.10. The molecule has 0 aliphatic carbocycles. The van der Waals surface area contributed by atoms with Gasteiger partial charge in [-0.3, -0.25) is 10.2 Å². The van der Waals surface area contributed by atoms with Crippen LogP contribution in [-0.2, 0) is 16.0 Å². The van der Waals surface area contributed by atoms with Gasteiger partial charge in [0.15, 0.2) is 12.4 Å². The molecule has 0 spiro atoms. The molecular formula is C17H16N2O3. The number of benzene rings is 2. The van der Waals surface area contributed by atoms with Gasteiger partial charge in [-0.15, -0.1) is 0 Å². The predicted octanol–water partition coefficient (Wildman–Crippen LogP) is 1.94. The standard InChI is InChI=1S/C17H16N2O3/c18-16(19)13-8-6-12(7-9-13)10-15(20)11-22-17(21)14-4-2-1-3-5-14/h1-9H,10-11H2,(H3,18,19). The molecule has 0 fully saturated rings. The number of amidine groups is 1. The lowest BCUT2D eigenvalue weighted by atomic mass is 10.1. The first-order valence-electron chi connectivity index (χ1n) is 6.73. The molecule has 0 heterocycles. The molecule has 0 aromatic heterocycles. The number of carbonyl (C=O) groups excluding carboxylic acids is 2. The van der Waals surface area contributed by atoms with Crippen molar-refractivity contribution in [3.05, 3.63) is 71.3 Å². The summed E-state index contributed by atoms with van der Waals surface area (Å²) in [5.74, 6) is -0.726. The molecule has 0 unspecified atom stereocenters. The first kappa shape index (κ1) is 15.4. The van der Waals surface area contributed by atoms with Gasteiger partial charge in [0.1, 0.15) is 5.84 Å². The summed E-state index contributed by atoms with van der Waals surface area (Å²) in [4.78, 5) is 23.5. The maximum Gasteiger partial charge on any atom is 0.338 e. The summed E-state index contributed by atoms with van der Waals surface area (Å²) < 4.78 is 4.98. The summed E-state index contributed by atoms with van der Waals surface area (Å²) >= 11 is 0. The number of hydrogen-bond donors (Lipinski definition) is 2. The minimum atomic E-state index is -0.513. The van der Waals surface area contributed by atoms with Crippen LogP contribution in [0.15, 0.2) is 54.6 Å². The molecule has 0 saturated carbocycles. The quantitative estimate of drug-likeness (QED) is 0.484. The van der Waals surface area contributed by atoms with E-state index in [1.165, 1.54) is 0 Å². The number of nitrogen functional groups attached to an aromatic ring is 1. The van der Waals surface area contributed by atoms with Crippen LogP contribution in [0.1, 0.15) is 21.5 Å². The van der Waals surface area contributed by atoms with Crippen molar-refractivity contribution in [2.45, 2.75) is 6.42 Å². The second-order valence-corrected chi connectivity index (χ2v) is 4.77. The molecule has 112 valence electrons. The number of carbonyl (C=O) groups is 2. The average molecular weight is 296 g/mol. The SMILES string of the molecule is N=C(N)c1ccc(CC(=O)COC(=O)c2ccccc2)cc1. The van der Waals surface area contributed by atoms with Crippen molar-refractivity contribution < 1.29 is 14.3 Å². The number of esters is 1. The normalized spacial score (nSPS) is 10.0. The van der Waals surface area contributed by atoms with Crippen LogP contribution in [0.25, 0.3) is 0 Å². The Morgan fingerprint density at radius 3 is 2.18 bits per heavy atom. The van der Waals surface area contributed by atoms with Gasteiger partial charge in [0, 0.05) is 12.0 Å². The van der Waals surface area contributed by atoms with E-state index >= 15 is 0 Å². The van der Waals surface area contributed by atoms with E-state index in [0.717, 1.165) is 5.56 Å². The lowest BCUT2D eigenvalue weighted by molar-refractivity contribution is -0.121. The summed E-state index contributed by atoms with van der Waals surface area (Å²) in [7, 11) is 0. The van der Waals surface area contributed by atoms with Gasteiger partial charge in [0.2, 0.25) is 0 Å². The molecule has 0 bridgehead atoms. The first-order chi connectivity index (χ1) is 10.6. The lowest BCUT2D eigenvalue weighted by Gasteiger charge is -2.05. The highest BCUT2D eigenvalue weighted by atomic mass is 16.5. The molecule has 0 aliphatic rings. The number of nitrogens with two attached hydrogens (primary N) is 1. The largest absolute Gasteiger partial charge is 0.454 e. The number of nitrogens with one attached hydrogen (secondary N) is 1. The van der Waals surface area contributed by atoms with E-state index in [0.29, 0.717) is 11.1 Å². The highest BCUT2D eigenvalue weighted by molar-refractivity contribution is 5.95. The summed E-state index contributed by atoms with van der Waals surface area (Å²) in [6.07, 6.45) is 0.167. The number of rotatable bonds is 6. The highest BCUT2D eigenvalue weighted by Crippen LogP contribution is 2.06. The summed E-state index contributed by atoms with van der Waals surface area (Å²) in [6, 6.07) is 15.3. The molecule has 22 heavy (non-hydrogen) atoms. The molecule has 0 atom stereocenters. The van der Waals surface area contributed by atoms with Crippen LogP contribution in [0.4, 0.5) is 0 Å². The Balaban J connectivity index is 1.85. The number of ketones is 1. The Hall–Kier alpha value is -2.95. The van der Waals surface area contributed by atoms with Crippen molar-refractivity contribution >= 4 is 17.6 Å². The fourth-order valence-corrected chi connectivity index (χ4v) is 1.88. The third kappa shape index (κ3) is 4.28. The second kappa shape index (κ2) is 7.17. The zero-order chi connectivity index (χ0) is 15.9. The Labute approximate surface area is 128 Å². The minimum absolute atomic E-state index is 0.0188. The summed E-state index contributed by atoms with van der Waals surface area (Å²) in [5, 5.41) is 7.30. The van der Waals surface area contributed by atoms with E-state index in [9.17, 15) is 9.59 Å². The van der Waals surface area contributed by atoms with Gasteiger partial charge in [0.05, 0.1) is 5.56 Å². The van der Waals surface area contributed by atoms with Gasteiger partial charge in [-0.1, -0.05) is 42.5 Å². The van der Waals surface area contributed by atoms with Gasteiger partial charge in [0.25, 0.3) is 0 Å². The zero-order valence-corrected chi connectivity index (χ0v) is 11.9. The van der Waals surface area contributed by atoms with Crippen LogP contribution in [-0.4, -0.2) is 24.2 Å². The molecule has 0 amide bonds. The van der Waals surface area contributed by atoms with Crippen LogP contribution < -0.4 is 5.73 Å². The van der Waals surface area contributed by atoms with E-state index in [1.807, 2.05) is 0 Å². The molecule has 5 nitrogen and oxygen atoms in total. The van der Waals surface area contributed by atoms with Crippen LogP contribution >= 0.6 is 0 Å². The Morgan fingerprint density at radius 2 is 1.59 bits per heavy atom. The van der Waals surface area contributed by atoms with Crippen molar-refractivity contribution in [3.8, 4) is 0 Å². The van der Waals surface area contributed by atoms with Crippen LogP contribution in [0, 0.1) is 5.41 Å². The van der Waals surface area contributed by atoms with Crippen molar-refractivity contribution in [3.63, 3.8) is 0 Å². The Kier molecular flexibility index (Phi) is 5.03. The van der Waals surface area contributed by atoms with Gasteiger partial charge < -0.3 is 10.5 Å². The van der Waals surface area contributed by atoms with Crippen molar-refractivity contribution in [2.75, 3.05) is 6.61 Å². The van der Waals surface area contributed by atoms with Crippen molar-refractivity contribution in [2.24, 2.45) is 5.73 Å². The molecule has 2 aromatic carbocycles. The maximum atomic E-state index is 11.8. The van der Waals surface area contributed by atoms with E-state index in [4.69, 9.17) is 15.9 Å². The van der Waals surface area contributed by atoms with Gasteiger partial charge in [-0.05, 0) is 17.7 Å². The summed E-state index contributed by atoms with van der Waals surface area (Å²) in [6.45, 7) is -0.262. The fourth-order valence-electron chi connectivity index (χ4n) is 1.88. The fraction of sp³-hybridized carbons (Fsp3) is 0.118. The molecular weight excluding hydrogens is 280 g/mol. The zero-order valence-electron chi connectivity index (χ0n) is 11.9. The van der Waals surface area contributed by atoms with E-state index < -0.39 is 5.97 Å². The molecule has 5 heteroatoms. The maximum absolute atomic E-state index is 11.8. The molecule has 0 radical (unpaired) electrons. The number of Topliss-reactive ketones (excluding diaryl/α,β-unsaturated/α-hetero) is 1. The Bertz CT molecular complexity index is 679. The topological polar surface area (TPSA) is 93.2 Å². The van der Waals surface area contributed by atoms with Crippen LogP contribution in [0.2, 0.25) is 0 Å².